The summed E-state index contributed by atoms with van der Waals surface area (Å²) in [6, 6.07) is 0. The Bertz CT molecular complexity index is 423. The van der Waals surface area contributed by atoms with E-state index in [-0.39, 0.29) is 6.61 Å². The van der Waals surface area contributed by atoms with Gasteiger partial charge in [-0.1, -0.05) is 29.3 Å². The summed E-state index contributed by atoms with van der Waals surface area (Å²) in [5.41, 5.74) is 4.85. The first kappa shape index (κ1) is 15.5. The number of aliphatic hydroxyl groups is 1. The molecule has 1 unspecified atom stereocenters. The second-order valence-corrected chi connectivity index (χ2v) is 5.65. The molecule has 1 aromatic carbocycles. The van der Waals surface area contributed by atoms with Gasteiger partial charge in [-0.05, 0) is 55.4 Å². The topological polar surface area (TPSA) is 29.5 Å². The average Bonchev–Trinajstić information content (AvgIpc) is 2.39. The van der Waals surface area contributed by atoms with Crippen LogP contribution in [-0.4, -0.2) is 18.8 Å². The SMILES string of the molecule is CCC(CO)Cc1c(C)c(Br)c(C)c(C)c1OC. The summed E-state index contributed by atoms with van der Waals surface area (Å²) in [6.45, 7) is 8.63. The molecule has 1 N–H and O–H groups in total. The fourth-order valence-corrected chi connectivity index (χ4v) is 2.83. The van der Waals surface area contributed by atoms with E-state index in [2.05, 4.69) is 43.6 Å². The van der Waals surface area contributed by atoms with Crippen LogP contribution in [0.15, 0.2) is 4.47 Å². The second-order valence-electron chi connectivity index (χ2n) is 4.86. The van der Waals surface area contributed by atoms with E-state index in [4.69, 9.17) is 4.74 Å². The van der Waals surface area contributed by atoms with Gasteiger partial charge in [-0.3, -0.25) is 0 Å². The molecule has 0 radical (unpaired) electrons. The van der Waals surface area contributed by atoms with E-state index in [1.54, 1.807) is 7.11 Å². The predicted molar refractivity (Wildman–Crippen MR) is 79.5 cm³/mol. The molecule has 0 saturated carbocycles. The van der Waals surface area contributed by atoms with Gasteiger partial charge in [0.2, 0.25) is 0 Å². The molecule has 0 aliphatic heterocycles. The van der Waals surface area contributed by atoms with Crippen molar-refractivity contribution in [2.24, 2.45) is 5.92 Å². The van der Waals surface area contributed by atoms with E-state index in [0.717, 1.165) is 23.1 Å². The minimum absolute atomic E-state index is 0.226. The molecule has 0 spiro atoms. The van der Waals surface area contributed by atoms with Gasteiger partial charge < -0.3 is 9.84 Å². The Morgan fingerprint density at radius 3 is 2.22 bits per heavy atom. The summed E-state index contributed by atoms with van der Waals surface area (Å²) in [6.07, 6.45) is 1.84. The monoisotopic (exact) mass is 314 g/mol. The number of halogens is 1. The van der Waals surface area contributed by atoms with Crippen molar-refractivity contribution in [2.75, 3.05) is 13.7 Å². The molecule has 0 bridgehead atoms. The third-order valence-corrected chi connectivity index (χ3v) is 5.01. The Labute approximate surface area is 118 Å². The lowest BCUT2D eigenvalue weighted by Gasteiger charge is -2.21. The van der Waals surface area contributed by atoms with Crippen LogP contribution in [0.5, 0.6) is 5.75 Å². The molecule has 1 atom stereocenters. The minimum Gasteiger partial charge on any atom is -0.496 e. The maximum atomic E-state index is 9.38. The Kier molecular flexibility index (Phi) is 5.67. The molecule has 0 aromatic heterocycles. The van der Waals surface area contributed by atoms with Crippen molar-refractivity contribution in [1.29, 1.82) is 0 Å². The summed E-state index contributed by atoms with van der Waals surface area (Å²) < 4.78 is 6.74. The zero-order valence-corrected chi connectivity index (χ0v) is 13.5. The summed E-state index contributed by atoms with van der Waals surface area (Å²) >= 11 is 3.66. The van der Waals surface area contributed by atoms with Gasteiger partial charge in [0.25, 0.3) is 0 Å². The van der Waals surface area contributed by atoms with Gasteiger partial charge in [0.15, 0.2) is 0 Å². The molecule has 0 fully saturated rings. The van der Waals surface area contributed by atoms with Crippen molar-refractivity contribution in [1.82, 2.24) is 0 Å². The van der Waals surface area contributed by atoms with Crippen LogP contribution in [0.2, 0.25) is 0 Å². The first-order valence-electron chi connectivity index (χ1n) is 6.40. The van der Waals surface area contributed by atoms with Gasteiger partial charge >= 0.3 is 0 Å². The molecular formula is C15H23BrO2. The van der Waals surface area contributed by atoms with E-state index in [1.807, 2.05) is 0 Å². The number of benzene rings is 1. The summed E-state index contributed by atoms with van der Waals surface area (Å²) in [5.74, 6) is 1.27. The number of rotatable bonds is 5. The Morgan fingerprint density at radius 2 is 1.78 bits per heavy atom. The number of ether oxygens (including phenoxy) is 1. The lowest BCUT2D eigenvalue weighted by Crippen LogP contribution is -2.11. The maximum Gasteiger partial charge on any atom is 0.125 e. The van der Waals surface area contributed by atoms with E-state index in [0.29, 0.717) is 5.92 Å². The first-order valence-corrected chi connectivity index (χ1v) is 7.20. The lowest BCUT2D eigenvalue weighted by molar-refractivity contribution is 0.221. The third-order valence-electron chi connectivity index (χ3n) is 3.82. The number of aliphatic hydroxyl groups excluding tert-OH is 1. The smallest absolute Gasteiger partial charge is 0.125 e. The zero-order chi connectivity index (χ0) is 13.9. The van der Waals surface area contributed by atoms with Crippen LogP contribution in [0.25, 0.3) is 0 Å². The van der Waals surface area contributed by atoms with Gasteiger partial charge in [0, 0.05) is 11.1 Å². The van der Waals surface area contributed by atoms with Crippen LogP contribution >= 0.6 is 15.9 Å². The molecule has 3 heteroatoms. The quantitative estimate of drug-likeness (QED) is 0.892. The number of hydrogen-bond donors (Lipinski definition) is 1. The van der Waals surface area contributed by atoms with Crippen molar-refractivity contribution >= 4 is 15.9 Å². The zero-order valence-electron chi connectivity index (χ0n) is 11.9. The van der Waals surface area contributed by atoms with E-state index >= 15 is 0 Å². The molecule has 0 saturated heterocycles. The standard InChI is InChI=1S/C15H23BrO2/c1-6-12(8-17)7-13-11(4)14(16)9(2)10(3)15(13)18-5/h12,17H,6-8H2,1-5H3. The molecule has 102 valence electrons. The van der Waals surface area contributed by atoms with Crippen LogP contribution < -0.4 is 4.74 Å². The van der Waals surface area contributed by atoms with E-state index in [1.165, 1.54) is 22.3 Å². The number of hydrogen-bond acceptors (Lipinski definition) is 2. The van der Waals surface area contributed by atoms with E-state index < -0.39 is 0 Å². The second kappa shape index (κ2) is 6.58. The summed E-state index contributed by atoms with van der Waals surface area (Å²) in [4.78, 5) is 0. The normalized spacial score (nSPS) is 12.6. The molecule has 0 amide bonds. The fraction of sp³-hybridized carbons (Fsp3) is 0.600. The lowest BCUT2D eigenvalue weighted by atomic mass is 9.91. The van der Waals surface area contributed by atoms with Crippen LogP contribution in [0, 0.1) is 26.7 Å². The summed E-state index contributed by atoms with van der Waals surface area (Å²) in [7, 11) is 1.72. The highest BCUT2D eigenvalue weighted by molar-refractivity contribution is 9.10. The van der Waals surface area contributed by atoms with Crippen LogP contribution in [0.3, 0.4) is 0 Å². The van der Waals surface area contributed by atoms with Crippen molar-refractivity contribution in [2.45, 2.75) is 40.5 Å². The summed E-state index contributed by atoms with van der Waals surface area (Å²) in [5, 5.41) is 9.38. The van der Waals surface area contributed by atoms with Gasteiger partial charge in [-0.2, -0.15) is 0 Å². The highest BCUT2D eigenvalue weighted by Gasteiger charge is 2.19. The average molecular weight is 315 g/mol. The van der Waals surface area contributed by atoms with Gasteiger partial charge in [0.05, 0.1) is 7.11 Å². The van der Waals surface area contributed by atoms with Gasteiger partial charge in [-0.25, -0.2) is 0 Å². The molecular weight excluding hydrogens is 292 g/mol. The molecule has 0 aliphatic rings. The van der Waals surface area contributed by atoms with Gasteiger partial charge in [-0.15, -0.1) is 0 Å². The van der Waals surface area contributed by atoms with Crippen LogP contribution in [0.1, 0.15) is 35.6 Å². The van der Waals surface area contributed by atoms with Gasteiger partial charge in [0.1, 0.15) is 5.75 Å². The molecule has 0 aliphatic carbocycles. The maximum absolute atomic E-state index is 9.38. The predicted octanol–water partition coefficient (Wildman–Crippen LogP) is 3.94. The Morgan fingerprint density at radius 1 is 1.17 bits per heavy atom. The minimum atomic E-state index is 0.226. The highest BCUT2D eigenvalue weighted by Crippen LogP contribution is 2.37. The molecule has 0 heterocycles. The van der Waals surface area contributed by atoms with Crippen molar-refractivity contribution in [3.63, 3.8) is 0 Å². The Balaban J connectivity index is 3.33. The molecule has 18 heavy (non-hydrogen) atoms. The van der Waals surface area contributed by atoms with Crippen molar-refractivity contribution in [3.8, 4) is 5.75 Å². The van der Waals surface area contributed by atoms with Crippen molar-refractivity contribution < 1.29 is 9.84 Å². The number of methoxy groups -OCH3 is 1. The van der Waals surface area contributed by atoms with Crippen LogP contribution in [-0.2, 0) is 6.42 Å². The molecule has 2 nitrogen and oxygen atoms in total. The fourth-order valence-electron chi connectivity index (χ4n) is 2.29. The third kappa shape index (κ3) is 2.89. The first-order chi connectivity index (χ1) is 8.47. The molecule has 1 rings (SSSR count). The van der Waals surface area contributed by atoms with Crippen molar-refractivity contribution in [3.05, 3.63) is 26.7 Å². The highest BCUT2D eigenvalue weighted by atomic mass is 79.9. The van der Waals surface area contributed by atoms with Crippen LogP contribution in [0.4, 0.5) is 0 Å². The van der Waals surface area contributed by atoms with E-state index in [9.17, 15) is 5.11 Å². The largest absolute Gasteiger partial charge is 0.496 e. The Hall–Kier alpha value is -0.540. The molecule has 1 aromatic rings.